The fourth-order valence-corrected chi connectivity index (χ4v) is 3.63. The summed E-state index contributed by atoms with van der Waals surface area (Å²) in [6.07, 6.45) is 5.78. The van der Waals surface area contributed by atoms with Gasteiger partial charge >= 0.3 is 0 Å². The molecule has 1 aliphatic rings. The van der Waals surface area contributed by atoms with Crippen LogP contribution in [0.25, 0.3) is 10.9 Å². The number of carbonyl (C=O) groups excluding carboxylic acids is 1. The van der Waals surface area contributed by atoms with E-state index < -0.39 is 0 Å². The van der Waals surface area contributed by atoms with Crippen LogP contribution >= 0.6 is 0 Å². The van der Waals surface area contributed by atoms with E-state index in [1.54, 1.807) is 12.4 Å². The largest absolute Gasteiger partial charge is 0.393 e. The van der Waals surface area contributed by atoms with Crippen LogP contribution in [-0.4, -0.2) is 38.3 Å². The Labute approximate surface area is 151 Å². The molecule has 26 heavy (non-hydrogen) atoms. The number of fused-ring (bicyclic) bond motifs is 1. The second kappa shape index (κ2) is 7.25. The molecule has 0 spiro atoms. The number of aliphatic hydroxyl groups excluding tert-OH is 1. The fraction of sp³-hybridized carbons (Fsp3) is 0.350. The molecule has 0 saturated heterocycles. The van der Waals surface area contributed by atoms with Gasteiger partial charge in [-0.2, -0.15) is 5.10 Å². The Bertz CT molecular complexity index is 887. The monoisotopic (exact) mass is 350 g/mol. The lowest BCUT2D eigenvalue weighted by molar-refractivity contribution is -0.122. The Morgan fingerprint density at radius 1 is 1.23 bits per heavy atom. The summed E-state index contributed by atoms with van der Waals surface area (Å²) in [6, 6.07) is 11.7. The summed E-state index contributed by atoms with van der Waals surface area (Å²) in [5.74, 6) is 0.278. The van der Waals surface area contributed by atoms with E-state index >= 15 is 0 Å². The maximum Gasteiger partial charge on any atom is 0.226 e. The van der Waals surface area contributed by atoms with Crippen molar-refractivity contribution in [2.45, 2.75) is 37.8 Å². The summed E-state index contributed by atoms with van der Waals surface area (Å²) in [7, 11) is 0. The zero-order valence-electron chi connectivity index (χ0n) is 14.4. The molecular weight excluding hydrogens is 328 g/mol. The Kier molecular flexibility index (Phi) is 4.67. The summed E-state index contributed by atoms with van der Waals surface area (Å²) in [5.41, 5.74) is 2.83. The molecule has 1 atom stereocenters. The van der Waals surface area contributed by atoms with E-state index in [0.717, 1.165) is 41.4 Å². The molecule has 2 heterocycles. The number of amides is 1. The predicted molar refractivity (Wildman–Crippen MR) is 98.4 cm³/mol. The Morgan fingerprint density at radius 2 is 2.00 bits per heavy atom. The van der Waals surface area contributed by atoms with Gasteiger partial charge in [-0.15, -0.1) is 0 Å². The van der Waals surface area contributed by atoms with Crippen LogP contribution in [0.4, 0.5) is 0 Å². The first-order chi connectivity index (χ1) is 12.7. The minimum absolute atomic E-state index is 0.0162. The van der Waals surface area contributed by atoms with Gasteiger partial charge < -0.3 is 10.4 Å². The Morgan fingerprint density at radius 3 is 2.77 bits per heavy atom. The molecule has 1 fully saturated rings. The molecule has 1 amide bonds. The highest BCUT2D eigenvalue weighted by molar-refractivity contribution is 5.87. The van der Waals surface area contributed by atoms with Crippen LogP contribution in [0.2, 0.25) is 0 Å². The van der Waals surface area contributed by atoms with Crippen LogP contribution in [0.5, 0.6) is 0 Å². The Hall–Kier alpha value is -2.73. The first-order valence-electron chi connectivity index (χ1n) is 8.97. The average molecular weight is 350 g/mol. The van der Waals surface area contributed by atoms with Crippen molar-refractivity contribution in [1.82, 2.24) is 20.5 Å². The zero-order valence-corrected chi connectivity index (χ0v) is 14.4. The number of H-pyrrole nitrogens is 1. The first kappa shape index (κ1) is 16.7. The number of rotatable bonds is 6. The topological polar surface area (TPSA) is 90.9 Å². The van der Waals surface area contributed by atoms with E-state index in [1.165, 1.54) is 0 Å². The molecule has 0 aliphatic heterocycles. The van der Waals surface area contributed by atoms with Crippen molar-refractivity contribution in [2.24, 2.45) is 5.92 Å². The minimum Gasteiger partial charge on any atom is -0.393 e. The lowest BCUT2D eigenvalue weighted by Gasteiger charge is -2.38. The van der Waals surface area contributed by atoms with Crippen LogP contribution < -0.4 is 5.32 Å². The van der Waals surface area contributed by atoms with Crippen molar-refractivity contribution in [1.29, 1.82) is 0 Å². The summed E-state index contributed by atoms with van der Waals surface area (Å²) < 4.78 is 0. The van der Waals surface area contributed by atoms with Crippen LogP contribution in [-0.2, 0) is 17.6 Å². The molecule has 2 aromatic heterocycles. The summed E-state index contributed by atoms with van der Waals surface area (Å²) in [4.78, 5) is 16.7. The van der Waals surface area contributed by atoms with Crippen LogP contribution in [0.1, 0.15) is 24.1 Å². The number of aromatic nitrogens is 3. The first-order valence-corrected chi connectivity index (χ1v) is 8.97. The molecule has 0 bridgehead atoms. The lowest BCUT2D eigenvalue weighted by Crippen LogP contribution is -2.48. The number of nitrogens with zero attached hydrogens (tertiary/aromatic N) is 2. The zero-order chi connectivity index (χ0) is 17.9. The summed E-state index contributed by atoms with van der Waals surface area (Å²) >= 11 is 0. The lowest BCUT2D eigenvalue weighted by atomic mass is 9.75. The summed E-state index contributed by atoms with van der Waals surface area (Å²) in [5, 5.41) is 21.0. The molecule has 6 heteroatoms. The second-order valence-corrected chi connectivity index (χ2v) is 7.01. The number of hydrogen-bond donors (Lipinski definition) is 3. The highest BCUT2D eigenvalue weighted by Crippen LogP contribution is 2.31. The highest BCUT2D eigenvalue weighted by atomic mass is 16.3. The number of aliphatic hydroxyl groups is 1. The smallest absolute Gasteiger partial charge is 0.226 e. The van der Waals surface area contributed by atoms with Crippen molar-refractivity contribution in [2.75, 3.05) is 0 Å². The van der Waals surface area contributed by atoms with Gasteiger partial charge in [0.25, 0.3) is 0 Å². The SMILES string of the molecule is O=C(Cc1[nH]nc2ccccc12)NC(Cc1ccncc1)C1CC(O)C1. The van der Waals surface area contributed by atoms with Crippen molar-refractivity contribution >= 4 is 16.8 Å². The molecule has 6 nitrogen and oxygen atoms in total. The number of nitrogens with one attached hydrogen (secondary N) is 2. The third kappa shape index (κ3) is 3.60. The molecule has 4 rings (SSSR count). The van der Waals surface area contributed by atoms with E-state index in [9.17, 15) is 9.90 Å². The van der Waals surface area contributed by atoms with Gasteiger partial charge in [-0.3, -0.25) is 14.9 Å². The van der Waals surface area contributed by atoms with Crippen LogP contribution in [0, 0.1) is 5.92 Å². The standard InChI is InChI=1S/C20H22N4O2/c25-15-10-14(11-15)18(9-13-5-7-21-8-6-13)22-20(26)12-19-16-3-1-2-4-17(16)23-24-19/h1-8,14-15,18,25H,9-12H2,(H,22,26)(H,23,24). The van der Waals surface area contributed by atoms with Gasteiger partial charge in [0.1, 0.15) is 0 Å². The fourth-order valence-electron chi connectivity index (χ4n) is 3.63. The van der Waals surface area contributed by atoms with Crippen molar-refractivity contribution < 1.29 is 9.90 Å². The van der Waals surface area contributed by atoms with E-state index in [-0.39, 0.29) is 24.5 Å². The number of pyridine rings is 1. The molecule has 1 aromatic carbocycles. The molecule has 1 unspecified atom stereocenters. The van der Waals surface area contributed by atoms with Gasteiger partial charge in [-0.05, 0) is 48.9 Å². The summed E-state index contributed by atoms with van der Waals surface area (Å²) in [6.45, 7) is 0. The highest BCUT2D eigenvalue weighted by Gasteiger charge is 2.34. The number of aromatic amines is 1. The molecule has 3 N–H and O–H groups in total. The van der Waals surface area contributed by atoms with Crippen LogP contribution in [0.3, 0.4) is 0 Å². The van der Waals surface area contributed by atoms with Gasteiger partial charge in [0.15, 0.2) is 0 Å². The number of benzene rings is 1. The molecule has 134 valence electrons. The molecular formula is C20H22N4O2. The number of para-hydroxylation sites is 1. The third-order valence-electron chi connectivity index (χ3n) is 5.15. The Balaban J connectivity index is 1.45. The minimum atomic E-state index is -0.242. The molecule has 1 saturated carbocycles. The van der Waals surface area contributed by atoms with E-state index in [2.05, 4.69) is 20.5 Å². The second-order valence-electron chi connectivity index (χ2n) is 7.01. The van der Waals surface area contributed by atoms with E-state index in [0.29, 0.717) is 5.92 Å². The quantitative estimate of drug-likeness (QED) is 0.634. The number of hydrogen-bond acceptors (Lipinski definition) is 4. The maximum atomic E-state index is 12.6. The van der Waals surface area contributed by atoms with E-state index in [4.69, 9.17) is 0 Å². The van der Waals surface area contributed by atoms with Gasteiger partial charge in [0, 0.05) is 23.8 Å². The van der Waals surface area contributed by atoms with E-state index in [1.807, 2.05) is 36.4 Å². The van der Waals surface area contributed by atoms with Crippen molar-refractivity contribution in [3.05, 3.63) is 60.0 Å². The third-order valence-corrected chi connectivity index (χ3v) is 5.15. The van der Waals surface area contributed by atoms with Gasteiger partial charge in [0.05, 0.1) is 23.7 Å². The van der Waals surface area contributed by atoms with Gasteiger partial charge in [0.2, 0.25) is 5.91 Å². The van der Waals surface area contributed by atoms with Crippen LogP contribution in [0.15, 0.2) is 48.8 Å². The normalized spacial score (nSPS) is 20.5. The van der Waals surface area contributed by atoms with Crippen molar-refractivity contribution in [3.63, 3.8) is 0 Å². The molecule has 3 aromatic rings. The maximum absolute atomic E-state index is 12.6. The predicted octanol–water partition coefficient (Wildman–Crippen LogP) is 2.00. The molecule has 1 aliphatic carbocycles. The number of carbonyl (C=O) groups is 1. The van der Waals surface area contributed by atoms with Gasteiger partial charge in [-0.25, -0.2) is 0 Å². The van der Waals surface area contributed by atoms with Gasteiger partial charge in [-0.1, -0.05) is 18.2 Å². The molecule has 0 radical (unpaired) electrons. The van der Waals surface area contributed by atoms with Crippen molar-refractivity contribution in [3.8, 4) is 0 Å². The average Bonchev–Trinajstić information content (AvgIpc) is 3.02.